The van der Waals surface area contributed by atoms with Crippen molar-refractivity contribution < 1.29 is 13.2 Å². The second-order valence-corrected chi connectivity index (χ2v) is 8.68. The molecular weight excluding hydrogens is 350 g/mol. The van der Waals surface area contributed by atoms with Crippen molar-refractivity contribution in [1.82, 2.24) is 9.71 Å². The minimum absolute atomic E-state index is 0.223. The second-order valence-electron chi connectivity index (χ2n) is 6.92. The first-order valence-corrected chi connectivity index (χ1v) is 10.4. The van der Waals surface area contributed by atoms with Crippen LogP contribution >= 0.6 is 0 Å². The zero-order valence-corrected chi connectivity index (χ0v) is 15.6. The van der Waals surface area contributed by atoms with Crippen molar-refractivity contribution in [3.8, 4) is 5.75 Å². The molecule has 0 radical (unpaired) electrons. The van der Waals surface area contributed by atoms with Gasteiger partial charge in [0.2, 0.25) is 10.0 Å². The van der Waals surface area contributed by atoms with Crippen molar-refractivity contribution >= 4 is 15.8 Å². The highest BCUT2D eigenvalue weighted by molar-refractivity contribution is 7.89. The lowest BCUT2D eigenvalue weighted by Crippen LogP contribution is -2.31. The number of fused-ring (bicyclic) bond motifs is 1. The van der Waals surface area contributed by atoms with Gasteiger partial charge < -0.3 is 9.64 Å². The summed E-state index contributed by atoms with van der Waals surface area (Å²) in [5.41, 5.74) is 2.47. The van der Waals surface area contributed by atoms with Crippen LogP contribution < -0.4 is 14.4 Å². The van der Waals surface area contributed by atoms with E-state index in [1.165, 1.54) is 17.3 Å². The van der Waals surface area contributed by atoms with Gasteiger partial charge in [-0.2, -0.15) is 0 Å². The average molecular weight is 373 g/mol. The third-order valence-electron chi connectivity index (χ3n) is 5.06. The summed E-state index contributed by atoms with van der Waals surface area (Å²) in [5, 5.41) is 0. The zero-order valence-electron chi connectivity index (χ0n) is 14.8. The smallest absolute Gasteiger partial charge is 0.242 e. The van der Waals surface area contributed by atoms with Crippen molar-refractivity contribution in [3.63, 3.8) is 0 Å². The number of methoxy groups -OCH3 is 1. The van der Waals surface area contributed by atoms with E-state index in [9.17, 15) is 8.42 Å². The largest absolute Gasteiger partial charge is 0.496 e. The average Bonchev–Trinajstić information content (AvgIpc) is 3.50. The first-order valence-electron chi connectivity index (χ1n) is 8.92. The molecule has 0 amide bonds. The number of nitrogens with zero attached hydrogens (tertiary/aromatic N) is 2. The minimum atomic E-state index is -3.47. The fourth-order valence-electron chi connectivity index (χ4n) is 3.31. The first-order chi connectivity index (χ1) is 12.6. The van der Waals surface area contributed by atoms with E-state index < -0.39 is 10.0 Å². The molecule has 1 fully saturated rings. The molecule has 0 saturated heterocycles. The van der Waals surface area contributed by atoms with Crippen LogP contribution in [0.25, 0.3) is 0 Å². The lowest BCUT2D eigenvalue weighted by atomic mass is 9.98. The number of aromatic nitrogens is 1. The maximum atomic E-state index is 12.3. The number of nitrogens with one attached hydrogen (secondary N) is 1. The highest BCUT2D eigenvalue weighted by Crippen LogP contribution is 2.30. The van der Waals surface area contributed by atoms with Crippen LogP contribution in [0, 0.1) is 5.92 Å². The monoisotopic (exact) mass is 373 g/mol. The molecule has 26 heavy (non-hydrogen) atoms. The molecule has 1 aromatic carbocycles. The molecule has 0 unspecified atom stereocenters. The molecule has 0 atom stereocenters. The van der Waals surface area contributed by atoms with Gasteiger partial charge in [-0.1, -0.05) is 12.1 Å². The second kappa shape index (κ2) is 6.89. The predicted molar refractivity (Wildman–Crippen MR) is 99.9 cm³/mol. The van der Waals surface area contributed by atoms with Crippen LogP contribution in [0.3, 0.4) is 0 Å². The van der Waals surface area contributed by atoms with Crippen molar-refractivity contribution in [1.29, 1.82) is 0 Å². The van der Waals surface area contributed by atoms with Gasteiger partial charge in [0.05, 0.1) is 7.11 Å². The maximum absolute atomic E-state index is 12.3. The molecule has 6 nitrogen and oxygen atoms in total. The maximum Gasteiger partial charge on any atom is 0.242 e. The van der Waals surface area contributed by atoms with Gasteiger partial charge in [0.15, 0.2) is 0 Å². The molecule has 138 valence electrons. The van der Waals surface area contributed by atoms with Gasteiger partial charge in [0.1, 0.15) is 16.5 Å². The van der Waals surface area contributed by atoms with Gasteiger partial charge >= 0.3 is 0 Å². The van der Waals surface area contributed by atoms with E-state index in [-0.39, 0.29) is 4.90 Å². The fraction of sp³-hybridized carbons (Fsp3) is 0.421. The van der Waals surface area contributed by atoms with Crippen LogP contribution in [0.4, 0.5) is 5.82 Å². The molecule has 1 aliphatic heterocycles. The molecule has 1 aliphatic carbocycles. The van der Waals surface area contributed by atoms with Crippen LogP contribution in [-0.2, 0) is 23.0 Å². The summed E-state index contributed by atoms with van der Waals surface area (Å²) in [7, 11) is -1.77. The number of sulfonamides is 1. The summed E-state index contributed by atoms with van der Waals surface area (Å²) >= 11 is 0. The molecule has 0 bridgehead atoms. The van der Waals surface area contributed by atoms with Crippen LogP contribution in [0.15, 0.2) is 41.4 Å². The molecule has 0 spiro atoms. The quantitative estimate of drug-likeness (QED) is 0.842. The van der Waals surface area contributed by atoms with Gasteiger partial charge in [0, 0.05) is 31.4 Å². The van der Waals surface area contributed by atoms with Crippen LogP contribution in [-0.4, -0.2) is 33.6 Å². The van der Waals surface area contributed by atoms with E-state index >= 15 is 0 Å². The summed E-state index contributed by atoms with van der Waals surface area (Å²) in [4.78, 5) is 6.79. The van der Waals surface area contributed by atoms with Crippen molar-refractivity contribution in [2.75, 3.05) is 25.1 Å². The van der Waals surface area contributed by atoms with Crippen LogP contribution in [0.5, 0.6) is 5.75 Å². The van der Waals surface area contributed by atoms with E-state index in [4.69, 9.17) is 4.74 Å². The number of hydrogen-bond donors (Lipinski definition) is 1. The van der Waals surface area contributed by atoms with Crippen LogP contribution in [0.2, 0.25) is 0 Å². The Bertz CT molecular complexity index is 893. The topological polar surface area (TPSA) is 71.5 Å². The normalized spacial score (nSPS) is 17.0. The summed E-state index contributed by atoms with van der Waals surface area (Å²) in [6, 6.07) is 9.51. The van der Waals surface area contributed by atoms with E-state index in [0.717, 1.165) is 43.9 Å². The number of rotatable bonds is 6. The Kier molecular flexibility index (Phi) is 4.58. The molecule has 2 aliphatic rings. The number of benzene rings is 1. The van der Waals surface area contributed by atoms with Gasteiger partial charge in [-0.05, 0) is 48.9 Å². The molecule has 2 aromatic rings. The summed E-state index contributed by atoms with van der Waals surface area (Å²) in [6.45, 7) is 2.09. The Morgan fingerprint density at radius 2 is 2.12 bits per heavy atom. The van der Waals surface area contributed by atoms with E-state index in [1.807, 2.05) is 12.1 Å². The first kappa shape index (κ1) is 17.3. The Morgan fingerprint density at radius 1 is 1.27 bits per heavy atom. The number of pyridine rings is 1. The Hall–Kier alpha value is -2.12. The molecule has 1 N–H and O–H groups in total. The highest BCUT2D eigenvalue weighted by Gasteiger charge is 2.25. The Labute approximate surface area is 154 Å². The summed E-state index contributed by atoms with van der Waals surface area (Å²) in [5.74, 6) is 2.22. The molecular formula is C19H23N3O3S. The van der Waals surface area contributed by atoms with Gasteiger partial charge in [-0.25, -0.2) is 18.1 Å². The minimum Gasteiger partial charge on any atom is -0.496 e. The fourth-order valence-corrected chi connectivity index (χ4v) is 4.37. The third-order valence-corrected chi connectivity index (χ3v) is 6.47. The van der Waals surface area contributed by atoms with E-state index in [1.54, 1.807) is 19.2 Å². The standard InChI is InChI=1S/C19H23N3O3S/c1-25-18-4-2-3-15-13-22(10-9-17(15)18)19-8-7-16(12-20-19)26(23,24)21-11-14-5-6-14/h2-4,7-8,12,14,21H,5-6,9-11,13H2,1H3. The molecule has 4 rings (SSSR count). The van der Waals surface area contributed by atoms with Crippen molar-refractivity contribution in [2.24, 2.45) is 5.92 Å². The molecule has 7 heteroatoms. The van der Waals surface area contributed by atoms with E-state index in [2.05, 4.69) is 20.7 Å². The lowest BCUT2D eigenvalue weighted by Gasteiger charge is -2.30. The SMILES string of the molecule is COc1cccc2c1CCN(c1ccc(S(=O)(=O)NCC3CC3)cn1)C2. The van der Waals surface area contributed by atoms with Gasteiger partial charge in [-0.3, -0.25) is 0 Å². The van der Waals surface area contributed by atoms with Crippen molar-refractivity contribution in [2.45, 2.75) is 30.7 Å². The number of anilines is 1. The Balaban J connectivity index is 1.48. The molecule has 1 saturated carbocycles. The number of hydrogen-bond acceptors (Lipinski definition) is 5. The predicted octanol–water partition coefficient (Wildman–Crippen LogP) is 2.34. The summed E-state index contributed by atoms with van der Waals surface area (Å²) in [6.07, 6.45) is 4.55. The van der Waals surface area contributed by atoms with Gasteiger partial charge in [0.25, 0.3) is 0 Å². The summed E-state index contributed by atoms with van der Waals surface area (Å²) < 4.78 is 32.7. The molecule has 1 aromatic heterocycles. The zero-order chi connectivity index (χ0) is 18.1. The van der Waals surface area contributed by atoms with E-state index in [0.29, 0.717) is 12.5 Å². The van der Waals surface area contributed by atoms with Crippen LogP contribution in [0.1, 0.15) is 24.0 Å². The number of ether oxygens (including phenoxy) is 1. The van der Waals surface area contributed by atoms with Gasteiger partial charge in [-0.15, -0.1) is 0 Å². The Morgan fingerprint density at radius 3 is 2.81 bits per heavy atom. The third kappa shape index (κ3) is 3.54. The van der Waals surface area contributed by atoms with Crippen molar-refractivity contribution in [3.05, 3.63) is 47.7 Å². The lowest BCUT2D eigenvalue weighted by molar-refractivity contribution is 0.407. The molecule has 2 heterocycles. The highest BCUT2D eigenvalue weighted by atomic mass is 32.2.